The number of rotatable bonds is 7. The Hall–Kier alpha value is -2.25. The van der Waals surface area contributed by atoms with Gasteiger partial charge in [0.2, 0.25) is 0 Å². The largest absolute Gasteiger partial charge is 0.379 e. The molecular formula is C24H26ClN3O2S. The number of aromatic nitrogens is 1. The van der Waals surface area contributed by atoms with Crippen molar-refractivity contribution in [2.75, 3.05) is 44.3 Å². The summed E-state index contributed by atoms with van der Waals surface area (Å²) in [4.78, 5) is 22.1. The van der Waals surface area contributed by atoms with E-state index >= 15 is 0 Å². The van der Waals surface area contributed by atoms with Crippen LogP contribution >= 0.6 is 22.9 Å². The number of thiazole rings is 1. The fourth-order valence-electron chi connectivity index (χ4n) is 3.60. The highest BCUT2D eigenvalue weighted by molar-refractivity contribution is 7.22. The summed E-state index contributed by atoms with van der Waals surface area (Å²) in [6.07, 6.45) is 4.36. The zero-order valence-electron chi connectivity index (χ0n) is 17.6. The van der Waals surface area contributed by atoms with Crippen molar-refractivity contribution in [1.82, 2.24) is 9.88 Å². The van der Waals surface area contributed by atoms with Gasteiger partial charge in [0.15, 0.2) is 5.13 Å². The van der Waals surface area contributed by atoms with E-state index in [4.69, 9.17) is 21.3 Å². The molecule has 0 N–H and O–H groups in total. The standard InChI is InChI=1S/C24H26ClN3O2S/c1-18-20(25)9-10-21-23(18)26-24(31-21)28(13-5-12-27-14-16-30-17-15-27)22(29)11-8-19-6-3-2-4-7-19/h2-4,6-11H,5,12-17H2,1H3/b11-8+. The number of hydrogen-bond donors (Lipinski definition) is 0. The number of carbonyl (C=O) groups is 1. The molecule has 0 aliphatic carbocycles. The average molecular weight is 456 g/mol. The maximum Gasteiger partial charge on any atom is 0.252 e. The van der Waals surface area contributed by atoms with Gasteiger partial charge < -0.3 is 4.74 Å². The predicted molar refractivity (Wildman–Crippen MR) is 129 cm³/mol. The summed E-state index contributed by atoms with van der Waals surface area (Å²) < 4.78 is 6.47. The van der Waals surface area contributed by atoms with Crippen molar-refractivity contribution in [3.8, 4) is 0 Å². The molecule has 1 aromatic heterocycles. The summed E-state index contributed by atoms with van der Waals surface area (Å²) in [5.41, 5.74) is 2.81. The average Bonchev–Trinajstić information content (AvgIpc) is 3.24. The third-order valence-electron chi connectivity index (χ3n) is 5.41. The minimum absolute atomic E-state index is 0.0614. The van der Waals surface area contributed by atoms with Gasteiger partial charge in [-0.05, 0) is 42.7 Å². The minimum Gasteiger partial charge on any atom is -0.379 e. The van der Waals surface area contributed by atoms with Crippen LogP contribution in [0.3, 0.4) is 0 Å². The number of fused-ring (bicyclic) bond motifs is 1. The van der Waals surface area contributed by atoms with Gasteiger partial charge in [-0.2, -0.15) is 0 Å². The maximum absolute atomic E-state index is 13.2. The van der Waals surface area contributed by atoms with Gasteiger partial charge in [0.1, 0.15) is 0 Å². The highest BCUT2D eigenvalue weighted by atomic mass is 35.5. The molecule has 162 valence electrons. The van der Waals surface area contributed by atoms with Crippen molar-refractivity contribution in [3.05, 3.63) is 64.7 Å². The molecule has 0 radical (unpaired) electrons. The summed E-state index contributed by atoms with van der Waals surface area (Å²) in [5, 5.41) is 1.41. The van der Waals surface area contributed by atoms with E-state index in [1.54, 1.807) is 11.0 Å². The van der Waals surface area contributed by atoms with E-state index in [0.29, 0.717) is 16.7 Å². The van der Waals surface area contributed by atoms with Gasteiger partial charge in [0.25, 0.3) is 5.91 Å². The number of carbonyl (C=O) groups excluding carboxylic acids is 1. The molecule has 2 aromatic carbocycles. The Morgan fingerprint density at radius 3 is 2.77 bits per heavy atom. The summed E-state index contributed by atoms with van der Waals surface area (Å²) >= 11 is 7.82. The summed E-state index contributed by atoms with van der Waals surface area (Å²) in [5.74, 6) is -0.0614. The first-order chi connectivity index (χ1) is 15.1. The van der Waals surface area contributed by atoms with Crippen molar-refractivity contribution >= 4 is 50.3 Å². The fourth-order valence-corrected chi connectivity index (χ4v) is 4.81. The van der Waals surface area contributed by atoms with Gasteiger partial charge in [0, 0.05) is 37.3 Å². The van der Waals surface area contributed by atoms with Gasteiger partial charge in [-0.25, -0.2) is 4.98 Å². The number of anilines is 1. The highest BCUT2D eigenvalue weighted by Crippen LogP contribution is 2.33. The molecule has 0 unspecified atom stereocenters. The number of amides is 1. The number of aryl methyl sites for hydroxylation is 1. The fraction of sp³-hybridized carbons (Fsp3) is 0.333. The maximum atomic E-state index is 13.2. The Morgan fingerprint density at radius 1 is 1.23 bits per heavy atom. The number of benzene rings is 2. The van der Waals surface area contributed by atoms with E-state index in [-0.39, 0.29) is 5.91 Å². The molecule has 1 aliphatic rings. The van der Waals surface area contributed by atoms with Crippen LogP contribution in [-0.2, 0) is 9.53 Å². The molecule has 3 aromatic rings. The molecule has 5 nitrogen and oxygen atoms in total. The number of halogens is 1. The molecule has 0 bridgehead atoms. The monoisotopic (exact) mass is 455 g/mol. The lowest BCUT2D eigenvalue weighted by Crippen LogP contribution is -2.39. The van der Waals surface area contributed by atoms with Gasteiger partial charge in [0.05, 0.1) is 23.4 Å². The smallest absolute Gasteiger partial charge is 0.252 e. The Bertz CT molecular complexity index is 1060. The van der Waals surface area contributed by atoms with Crippen LogP contribution in [0, 0.1) is 6.92 Å². The third kappa shape index (κ3) is 5.52. The van der Waals surface area contributed by atoms with Crippen LogP contribution in [0.4, 0.5) is 5.13 Å². The van der Waals surface area contributed by atoms with Crippen LogP contribution in [0.5, 0.6) is 0 Å². The second-order valence-electron chi connectivity index (χ2n) is 7.56. The first kappa shape index (κ1) is 22.0. The van der Waals surface area contributed by atoms with E-state index in [1.165, 1.54) is 11.3 Å². The van der Waals surface area contributed by atoms with Crippen molar-refractivity contribution in [3.63, 3.8) is 0 Å². The molecule has 1 fully saturated rings. The van der Waals surface area contributed by atoms with Gasteiger partial charge in [-0.3, -0.25) is 14.6 Å². The van der Waals surface area contributed by atoms with Crippen LogP contribution in [0.1, 0.15) is 17.5 Å². The van der Waals surface area contributed by atoms with Gasteiger partial charge in [-0.1, -0.05) is 53.3 Å². The van der Waals surface area contributed by atoms with E-state index in [2.05, 4.69) is 4.90 Å². The second-order valence-corrected chi connectivity index (χ2v) is 8.97. The van der Waals surface area contributed by atoms with E-state index in [9.17, 15) is 4.79 Å². The predicted octanol–water partition coefficient (Wildman–Crippen LogP) is 5.03. The Kier molecular flexibility index (Phi) is 7.35. The second kappa shape index (κ2) is 10.4. The van der Waals surface area contributed by atoms with Crippen LogP contribution in [0.15, 0.2) is 48.5 Å². The number of nitrogens with zero attached hydrogens (tertiary/aromatic N) is 3. The molecule has 1 aliphatic heterocycles. The quantitative estimate of drug-likeness (QED) is 0.469. The number of hydrogen-bond acceptors (Lipinski definition) is 5. The first-order valence-electron chi connectivity index (χ1n) is 10.5. The molecule has 0 atom stereocenters. The Balaban J connectivity index is 1.54. The highest BCUT2D eigenvalue weighted by Gasteiger charge is 2.20. The summed E-state index contributed by atoms with van der Waals surface area (Å²) in [6, 6.07) is 13.7. The van der Waals surface area contributed by atoms with Crippen molar-refractivity contribution in [2.45, 2.75) is 13.3 Å². The number of ether oxygens (including phenoxy) is 1. The van der Waals surface area contributed by atoms with Gasteiger partial charge in [-0.15, -0.1) is 0 Å². The molecule has 0 spiro atoms. The molecule has 4 rings (SSSR count). The van der Waals surface area contributed by atoms with Crippen molar-refractivity contribution in [2.24, 2.45) is 0 Å². The van der Waals surface area contributed by atoms with E-state index in [1.807, 2.05) is 55.5 Å². The molecule has 2 heterocycles. The van der Waals surface area contributed by atoms with Crippen molar-refractivity contribution in [1.29, 1.82) is 0 Å². The minimum atomic E-state index is -0.0614. The Morgan fingerprint density at radius 2 is 2.00 bits per heavy atom. The topological polar surface area (TPSA) is 45.7 Å². The van der Waals surface area contributed by atoms with Crippen LogP contribution in [0.25, 0.3) is 16.3 Å². The first-order valence-corrected chi connectivity index (χ1v) is 11.7. The molecule has 1 amide bonds. The van der Waals surface area contributed by atoms with Crippen LogP contribution in [-0.4, -0.2) is 55.2 Å². The van der Waals surface area contributed by atoms with E-state index in [0.717, 1.165) is 60.6 Å². The zero-order chi connectivity index (χ0) is 21.6. The Labute approximate surface area is 191 Å². The summed E-state index contributed by atoms with van der Waals surface area (Å²) in [6.45, 7) is 6.96. The van der Waals surface area contributed by atoms with Gasteiger partial charge >= 0.3 is 0 Å². The lowest BCUT2D eigenvalue weighted by Gasteiger charge is -2.27. The lowest BCUT2D eigenvalue weighted by molar-refractivity contribution is -0.114. The third-order valence-corrected chi connectivity index (χ3v) is 6.86. The van der Waals surface area contributed by atoms with Crippen LogP contribution in [0.2, 0.25) is 5.02 Å². The molecule has 0 saturated carbocycles. The number of morpholine rings is 1. The molecule has 1 saturated heterocycles. The summed E-state index contributed by atoms with van der Waals surface area (Å²) in [7, 11) is 0. The van der Waals surface area contributed by atoms with E-state index < -0.39 is 0 Å². The lowest BCUT2D eigenvalue weighted by atomic mass is 10.2. The van der Waals surface area contributed by atoms with Crippen molar-refractivity contribution < 1.29 is 9.53 Å². The normalized spacial score (nSPS) is 15.0. The molecule has 7 heteroatoms. The SMILES string of the molecule is Cc1c(Cl)ccc2sc(N(CCCN3CCOCC3)C(=O)/C=C/c3ccccc3)nc12. The van der Waals surface area contributed by atoms with Crippen LogP contribution < -0.4 is 4.90 Å². The molecular weight excluding hydrogens is 430 g/mol. The zero-order valence-corrected chi connectivity index (χ0v) is 19.2. The molecule has 31 heavy (non-hydrogen) atoms.